The minimum Gasteiger partial charge on any atom is -0.491 e. The largest absolute Gasteiger partial charge is 0.491 e. The number of hydrogen-bond acceptors (Lipinski definition) is 2. The third kappa shape index (κ3) is 3.48. The first kappa shape index (κ1) is 14.1. The molecule has 1 aromatic carbocycles. The molecule has 0 aromatic heterocycles. The number of nitrogens with two attached hydrogens (primary N) is 1. The van der Waals surface area contributed by atoms with Crippen LogP contribution >= 0.6 is 12.4 Å². The second kappa shape index (κ2) is 5.56. The molecule has 1 saturated carbocycles. The zero-order valence-corrected chi connectivity index (χ0v) is 11.1. The Balaban J connectivity index is 0.00000144. The second-order valence-electron chi connectivity index (χ2n) is 4.71. The van der Waals surface area contributed by atoms with Gasteiger partial charge in [-0.25, -0.2) is 0 Å². The maximum Gasteiger partial charge on any atom is 0.125 e. The monoisotopic (exact) mass is 253 g/mol. The Morgan fingerprint density at radius 2 is 2.18 bits per heavy atom. The Morgan fingerprint density at radius 1 is 1.47 bits per heavy atom. The molecule has 0 unspecified atom stereocenters. The summed E-state index contributed by atoms with van der Waals surface area (Å²) in [6.45, 7) is 6.46. The molecule has 1 aliphatic rings. The van der Waals surface area contributed by atoms with Crippen molar-refractivity contribution < 1.29 is 4.74 Å². The fourth-order valence-electron chi connectivity index (χ4n) is 1.76. The highest BCUT2D eigenvalue weighted by Crippen LogP contribution is 2.34. The van der Waals surface area contributed by atoms with E-state index in [4.69, 9.17) is 10.5 Å². The lowest BCUT2D eigenvalue weighted by molar-refractivity contribution is 0.275. The Hall–Kier alpha value is -0.990. The molecule has 0 heterocycles. The number of hydrogen-bond donors (Lipinski definition) is 1. The molecule has 0 saturated heterocycles. The van der Waals surface area contributed by atoms with E-state index >= 15 is 0 Å². The van der Waals surface area contributed by atoms with E-state index in [1.54, 1.807) is 0 Å². The minimum atomic E-state index is -0.0618. The van der Waals surface area contributed by atoms with Gasteiger partial charge in [-0.3, -0.25) is 0 Å². The zero-order valence-electron chi connectivity index (χ0n) is 10.2. The summed E-state index contributed by atoms with van der Waals surface area (Å²) in [7, 11) is 0. The molecule has 2 rings (SSSR count). The van der Waals surface area contributed by atoms with Crippen LogP contribution in [0.4, 0.5) is 0 Å². The molecule has 0 amide bonds. The quantitative estimate of drug-likeness (QED) is 0.819. The van der Waals surface area contributed by atoms with Crippen LogP contribution in [0.5, 0.6) is 5.75 Å². The lowest BCUT2D eigenvalue weighted by Crippen LogP contribution is -2.30. The van der Waals surface area contributed by atoms with Gasteiger partial charge in [-0.1, -0.05) is 24.3 Å². The molecule has 2 nitrogen and oxygen atoms in total. The highest BCUT2D eigenvalue weighted by Gasteiger charge is 2.39. The van der Waals surface area contributed by atoms with Crippen molar-refractivity contribution in [1.29, 1.82) is 0 Å². The third-order valence-corrected chi connectivity index (χ3v) is 3.05. The van der Waals surface area contributed by atoms with E-state index in [-0.39, 0.29) is 17.9 Å². The Bertz CT molecular complexity index is 399. The van der Waals surface area contributed by atoms with Gasteiger partial charge >= 0.3 is 0 Å². The Morgan fingerprint density at radius 3 is 2.76 bits per heavy atom. The third-order valence-electron chi connectivity index (χ3n) is 3.05. The molecule has 0 radical (unpaired) electrons. The number of ether oxygens (including phenoxy) is 1. The van der Waals surface area contributed by atoms with Gasteiger partial charge in [0.05, 0.1) is 5.54 Å². The van der Waals surface area contributed by atoms with Crippen molar-refractivity contribution in [3.63, 3.8) is 0 Å². The second-order valence-corrected chi connectivity index (χ2v) is 4.71. The molecule has 1 fully saturated rings. The number of allylic oxidation sites excluding steroid dienone is 1. The van der Waals surface area contributed by atoms with E-state index in [0.717, 1.165) is 25.0 Å². The summed E-state index contributed by atoms with van der Waals surface area (Å²) in [5.74, 6) is 0.985. The molecule has 1 aliphatic carbocycles. The maximum absolute atomic E-state index is 6.02. The predicted octanol–water partition coefficient (Wildman–Crippen LogP) is 3.02. The lowest BCUT2D eigenvalue weighted by Gasteiger charge is -2.16. The Labute approximate surface area is 109 Å². The SMILES string of the molecule is C=CCc1cccc(C)c1OCC1(N)CC1.Cl. The average molecular weight is 254 g/mol. The van der Waals surface area contributed by atoms with E-state index in [1.807, 2.05) is 6.08 Å². The molecule has 0 bridgehead atoms. The fourth-order valence-corrected chi connectivity index (χ4v) is 1.76. The van der Waals surface area contributed by atoms with E-state index in [1.165, 1.54) is 11.1 Å². The van der Waals surface area contributed by atoms with Gasteiger partial charge in [-0.15, -0.1) is 19.0 Å². The van der Waals surface area contributed by atoms with E-state index in [2.05, 4.69) is 31.7 Å². The topological polar surface area (TPSA) is 35.2 Å². The number of benzene rings is 1. The van der Waals surface area contributed by atoms with Gasteiger partial charge in [0, 0.05) is 0 Å². The summed E-state index contributed by atoms with van der Waals surface area (Å²) < 4.78 is 5.87. The number of halogens is 1. The van der Waals surface area contributed by atoms with Crippen LogP contribution in [0.2, 0.25) is 0 Å². The van der Waals surface area contributed by atoms with Gasteiger partial charge in [0.25, 0.3) is 0 Å². The van der Waals surface area contributed by atoms with Crippen LogP contribution in [0, 0.1) is 6.92 Å². The van der Waals surface area contributed by atoms with Gasteiger partial charge in [0.1, 0.15) is 12.4 Å². The van der Waals surface area contributed by atoms with E-state index < -0.39 is 0 Å². The summed E-state index contributed by atoms with van der Waals surface area (Å²) in [6, 6.07) is 6.20. The highest BCUT2D eigenvalue weighted by atomic mass is 35.5. The number of rotatable bonds is 5. The highest BCUT2D eigenvalue weighted by molar-refractivity contribution is 5.85. The van der Waals surface area contributed by atoms with Crippen LogP contribution in [0.3, 0.4) is 0 Å². The molecule has 1 aromatic rings. The van der Waals surface area contributed by atoms with Crippen LogP contribution in [0.1, 0.15) is 24.0 Å². The summed E-state index contributed by atoms with van der Waals surface area (Å²) in [6.07, 6.45) is 4.90. The smallest absolute Gasteiger partial charge is 0.125 e. The standard InChI is InChI=1S/C14H19NO.ClH/c1-3-5-12-7-4-6-11(2)13(12)16-10-14(15)8-9-14;/h3-4,6-7H,1,5,8-10,15H2,2H3;1H. The zero-order chi connectivity index (χ0) is 11.6. The summed E-state index contributed by atoms with van der Waals surface area (Å²) in [5.41, 5.74) is 8.33. The molecule has 0 aliphatic heterocycles. The van der Waals surface area contributed by atoms with E-state index in [9.17, 15) is 0 Å². The lowest BCUT2D eigenvalue weighted by atomic mass is 10.1. The number of aryl methyl sites for hydroxylation is 1. The summed E-state index contributed by atoms with van der Waals surface area (Å²) in [5, 5.41) is 0. The maximum atomic E-state index is 6.02. The van der Waals surface area contributed by atoms with Crippen LogP contribution in [0.15, 0.2) is 30.9 Å². The fraction of sp³-hybridized carbons (Fsp3) is 0.429. The number of para-hydroxylation sites is 1. The van der Waals surface area contributed by atoms with Gasteiger partial charge in [-0.2, -0.15) is 0 Å². The molecule has 0 spiro atoms. The molecule has 2 N–H and O–H groups in total. The van der Waals surface area contributed by atoms with Gasteiger partial charge in [-0.05, 0) is 37.3 Å². The van der Waals surface area contributed by atoms with Crippen molar-refractivity contribution in [2.75, 3.05) is 6.61 Å². The van der Waals surface area contributed by atoms with Crippen LogP contribution < -0.4 is 10.5 Å². The van der Waals surface area contributed by atoms with Crippen molar-refractivity contribution in [2.45, 2.75) is 31.7 Å². The van der Waals surface area contributed by atoms with Crippen molar-refractivity contribution >= 4 is 12.4 Å². The average Bonchev–Trinajstić information content (AvgIpc) is 2.97. The predicted molar refractivity (Wildman–Crippen MR) is 74.0 cm³/mol. The van der Waals surface area contributed by atoms with Crippen LogP contribution in [-0.4, -0.2) is 12.1 Å². The van der Waals surface area contributed by atoms with Crippen molar-refractivity contribution in [1.82, 2.24) is 0 Å². The van der Waals surface area contributed by atoms with Crippen LogP contribution in [0.25, 0.3) is 0 Å². The van der Waals surface area contributed by atoms with Crippen molar-refractivity contribution in [3.8, 4) is 5.75 Å². The van der Waals surface area contributed by atoms with E-state index in [0.29, 0.717) is 6.61 Å². The van der Waals surface area contributed by atoms with Crippen LogP contribution in [-0.2, 0) is 6.42 Å². The summed E-state index contributed by atoms with van der Waals surface area (Å²) in [4.78, 5) is 0. The molecule has 0 atom stereocenters. The first-order chi connectivity index (χ1) is 7.64. The molecule has 17 heavy (non-hydrogen) atoms. The normalized spacial score (nSPS) is 15.9. The minimum absolute atomic E-state index is 0. The molecule has 3 heteroatoms. The molecule has 94 valence electrons. The van der Waals surface area contributed by atoms with Crippen molar-refractivity contribution in [2.24, 2.45) is 5.73 Å². The van der Waals surface area contributed by atoms with Gasteiger partial charge in [0.2, 0.25) is 0 Å². The van der Waals surface area contributed by atoms with Crippen molar-refractivity contribution in [3.05, 3.63) is 42.0 Å². The first-order valence-corrected chi connectivity index (χ1v) is 5.76. The first-order valence-electron chi connectivity index (χ1n) is 5.76. The summed E-state index contributed by atoms with van der Waals surface area (Å²) >= 11 is 0. The molecular weight excluding hydrogens is 234 g/mol. The van der Waals surface area contributed by atoms with Gasteiger partial charge < -0.3 is 10.5 Å². The van der Waals surface area contributed by atoms with Gasteiger partial charge in [0.15, 0.2) is 0 Å². The molecular formula is C14H20ClNO. The Kier molecular flexibility index (Phi) is 4.61.